The van der Waals surface area contributed by atoms with Gasteiger partial charge in [-0.15, -0.1) is 0 Å². The molecule has 2 aromatic rings. The molecule has 2 rings (SSSR count). The first-order chi connectivity index (χ1) is 9.27. The molecule has 0 bridgehead atoms. The van der Waals surface area contributed by atoms with E-state index in [1.165, 1.54) is 5.56 Å². The number of aromatic nitrogens is 2. The number of hydrogen-bond donors (Lipinski definition) is 2. The Morgan fingerprint density at radius 3 is 2.35 bits per heavy atom. The van der Waals surface area contributed by atoms with Crippen molar-refractivity contribution in [1.82, 2.24) is 9.78 Å². The highest BCUT2D eigenvalue weighted by Gasteiger charge is 2.20. The molecule has 3 N–H and O–H groups in total. The highest BCUT2D eigenvalue weighted by Crippen LogP contribution is 2.26. The van der Waals surface area contributed by atoms with Crippen LogP contribution in [-0.2, 0) is 5.41 Å². The van der Waals surface area contributed by atoms with E-state index in [1.54, 1.807) is 0 Å². The van der Waals surface area contributed by atoms with Crippen LogP contribution in [0.15, 0.2) is 30.3 Å². The second-order valence-electron chi connectivity index (χ2n) is 5.90. The molecule has 0 aliphatic heterocycles. The van der Waals surface area contributed by atoms with Crippen LogP contribution < -0.4 is 11.1 Å². The van der Waals surface area contributed by atoms with E-state index < -0.39 is 0 Å². The summed E-state index contributed by atoms with van der Waals surface area (Å²) in [5, 5.41) is 7.90. The largest absolute Gasteiger partial charge is 0.376 e. The van der Waals surface area contributed by atoms with Gasteiger partial charge in [0.2, 0.25) is 0 Å². The molecule has 1 aromatic heterocycles. The van der Waals surface area contributed by atoms with Gasteiger partial charge in [-0.3, -0.25) is 0 Å². The highest BCUT2D eigenvalue weighted by atomic mass is 32.1. The van der Waals surface area contributed by atoms with E-state index >= 15 is 0 Å². The Labute approximate surface area is 125 Å². The zero-order chi connectivity index (χ0) is 14.9. The van der Waals surface area contributed by atoms with Crippen LogP contribution in [0.2, 0.25) is 0 Å². The Morgan fingerprint density at radius 2 is 1.85 bits per heavy atom. The quantitative estimate of drug-likeness (QED) is 0.834. The summed E-state index contributed by atoms with van der Waals surface area (Å²) < 4.78 is 1.83. The summed E-state index contributed by atoms with van der Waals surface area (Å²) in [5.74, 6) is 0.784. The van der Waals surface area contributed by atoms with Gasteiger partial charge in [0.15, 0.2) is 5.11 Å². The Hall–Kier alpha value is -1.88. The monoisotopic (exact) mass is 288 g/mol. The van der Waals surface area contributed by atoms with Crippen molar-refractivity contribution in [2.75, 3.05) is 5.32 Å². The van der Waals surface area contributed by atoms with Gasteiger partial charge >= 0.3 is 0 Å². The van der Waals surface area contributed by atoms with Gasteiger partial charge in [0, 0.05) is 11.5 Å². The van der Waals surface area contributed by atoms with Gasteiger partial charge in [-0.2, -0.15) is 5.10 Å². The van der Waals surface area contributed by atoms with Crippen molar-refractivity contribution >= 4 is 23.1 Å². The Balaban J connectivity index is 2.52. The van der Waals surface area contributed by atoms with Crippen LogP contribution in [0.25, 0.3) is 5.69 Å². The Bertz CT molecular complexity index is 620. The first-order valence-corrected chi connectivity index (χ1v) is 6.92. The van der Waals surface area contributed by atoms with E-state index in [0.717, 1.165) is 17.2 Å². The van der Waals surface area contributed by atoms with E-state index in [9.17, 15) is 0 Å². The fraction of sp³-hybridized carbons (Fsp3) is 0.333. The smallest absolute Gasteiger partial charge is 0.169 e. The van der Waals surface area contributed by atoms with E-state index in [-0.39, 0.29) is 10.5 Å². The predicted octanol–water partition coefficient (Wildman–Crippen LogP) is 3.13. The maximum Gasteiger partial charge on any atom is 0.169 e. The lowest BCUT2D eigenvalue weighted by Gasteiger charge is -2.14. The van der Waals surface area contributed by atoms with Crippen LogP contribution in [0, 0.1) is 6.92 Å². The third-order valence-corrected chi connectivity index (χ3v) is 3.11. The molecule has 0 fully saturated rings. The third-order valence-electron chi connectivity index (χ3n) is 3.01. The summed E-state index contributed by atoms with van der Waals surface area (Å²) in [6.07, 6.45) is 0. The lowest BCUT2D eigenvalue weighted by Crippen LogP contribution is -2.20. The molecule has 0 unspecified atom stereocenters. The standard InChI is InChI=1S/C15H20N4S/c1-10-5-7-11(8-6-10)19-13(17-14(16)20)9-12(18-19)15(2,3)4/h5-9H,1-4H3,(H3,16,17,20). The second kappa shape index (κ2) is 5.25. The molecule has 0 spiro atoms. The van der Waals surface area contributed by atoms with Gasteiger partial charge in [0.05, 0.1) is 11.4 Å². The summed E-state index contributed by atoms with van der Waals surface area (Å²) in [4.78, 5) is 0. The zero-order valence-electron chi connectivity index (χ0n) is 12.3. The maximum atomic E-state index is 5.59. The summed E-state index contributed by atoms with van der Waals surface area (Å²) in [6.45, 7) is 8.43. The molecule has 106 valence electrons. The molecule has 0 radical (unpaired) electrons. The second-order valence-corrected chi connectivity index (χ2v) is 6.34. The average Bonchev–Trinajstić information content (AvgIpc) is 2.73. The Morgan fingerprint density at radius 1 is 1.25 bits per heavy atom. The molecule has 0 saturated carbocycles. The average molecular weight is 288 g/mol. The molecule has 4 nitrogen and oxygen atoms in total. The topological polar surface area (TPSA) is 55.9 Å². The number of hydrogen-bond acceptors (Lipinski definition) is 2. The maximum absolute atomic E-state index is 5.59. The van der Waals surface area contributed by atoms with Crippen LogP contribution in [0.5, 0.6) is 0 Å². The fourth-order valence-corrected chi connectivity index (χ4v) is 1.95. The molecule has 0 amide bonds. The molecule has 5 heteroatoms. The molecule has 1 heterocycles. The molecule has 0 atom stereocenters. The SMILES string of the molecule is Cc1ccc(-n2nc(C(C)(C)C)cc2NC(N)=S)cc1. The van der Waals surface area contributed by atoms with Gasteiger partial charge in [-0.1, -0.05) is 38.5 Å². The molecule has 0 aliphatic carbocycles. The summed E-state index contributed by atoms with van der Waals surface area (Å²) in [7, 11) is 0. The molecule has 0 saturated heterocycles. The minimum absolute atomic E-state index is 0.0391. The minimum Gasteiger partial charge on any atom is -0.376 e. The van der Waals surface area contributed by atoms with Crippen molar-refractivity contribution in [3.8, 4) is 5.69 Å². The third kappa shape index (κ3) is 3.17. The molecular formula is C15H20N4S. The highest BCUT2D eigenvalue weighted by molar-refractivity contribution is 7.80. The van der Waals surface area contributed by atoms with Gasteiger partial charge in [-0.05, 0) is 31.3 Å². The normalized spacial score (nSPS) is 11.4. The number of nitrogens with zero attached hydrogens (tertiary/aromatic N) is 2. The van der Waals surface area contributed by atoms with E-state index in [1.807, 2.05) is 22.9 Å². The van der Waals surface area contributed by atoms with Crippen molar-refractivity contribution < 1.29 is 0 Å². The van der Waals surface area contributed by atoms with Crippen LogP contribution in [0.3, 0.4) is 0 Å². The number of nitrogens with two attached hydrogens (primary N) is 1. The van der Waals surface area contributed by atoms with Gasteiger partial charge in [0.1, 0.15) is 5.82 Å². The zero-order valence-corrected chi connectivity index (χ0v) is 13.1. The van der Waals surface area contributed by atoms with E-state index in [2.05, 4.69) is 50.2 Å². The van der Waals surface area contributed by atoms with Crippen LogP contribution >= 0.6 is 12.2 Å². The van der Waals surface area contributed by atoms with Gasteiger partial charge < -0.3 is 11.1 Å². The van der Waals surface area contributed by atoms with E-state index in [0.29, 0.717) is 0 Å². The van der Waals surface area contributed by atoms with Crippen molar-refractivity contribution in [3.63, 3.8) is 0 Å². The van der Waals surface area contributed by atoms with Crippen LogP contribution in [0.1, 0.15) is 32.0 Å². The first kappa shape index (κ1) is 14.5. The summed E-state index contributed by atoms with van der Waals surface area (Å²) in [5.41, 5.74) is 8.72. The van der Waals surface area contributed by atoms with E-state index in [4.69, 9.17) is 18.0 Å². The lowest BCUT2D eigenvalue weighted by atomic mass is 9.92. The van der Waals surface area contributed by atoms with Crippen molar-refractivity contribution in [1.29, 1.82) is 0 Å². The van der Waals surface area contributed by atoms with Gasteiger partial charge in [0.25, 0.3) is 0 Å². The van der Waals surface area contributed by atoms with Gasteiger partial charge in [-0.25, -0.2) is 4.68 Å². The van der Waals surface area contributed by atoms with Crippen molar-refractivity contribution in [2.24, 2.45) is 5.73 Å². The Kier molecular flexibility index (Phi) is 3.81. The molecule has 0 aliphatic rings. The number of thiocarbonyl (C=S) groups is 1. The molecule has 20 heavy (non-hydrogen) atoms. The van der Waals surface area contributed by atoms with Crippen LogP contribution in [-0.4, -0.2) is 14.9 Å². The van der Waals surface area contributed by atoms with Crippen molar-refractivity contribution in [2.45, 2.75) is 33.1 Å². The van der Waals surface area contributed by atoms with Crippen LogP contribution in [0.4, 0.5) is 5.82 Å². The molecular weight excluding hydrogens is 268 g/mol. The predicted molar refractivity (Wildman–Crippen MR) is 87.4 cm³/mol. The number of anilines is 1. The molecule has 1 aromatic carbocycles. The number of aryl methyl sites for hydroxylation is 1. The fourth-order valence-electron chi connectivity index (χ4n) is 1.85. The lowest BCUT2D eigenvalue weighted by molar-refractivity contribution is 0.560. The summed E-state index contributed by atoms with van der Waals surface area (Å²) in [6, 6.07) is 10.1. The number of rotatable bonds is 2. The minimum atomic E-state index is -0.0391. The number of nitrogens with one attached hydrogen (secondary N) is 1. The summed E-state index contributed by atoms with van der Waals surface area (Å²) >= 11 is 4.94. The van der Waals surface area contributed by atoms with Crippen molar-refractivity contribution in [3.05, 3.63) is 41.6 Å². The first-order valence-electron chi connectivity index (χ1n) is 6.51. The number of benzene rings is 1.